The molecule has 1 N–H and O–H groups in total. The highest BCUT2D eigenvalue weighted by molar-refractivity contribution is 7.17. The van der Waals surface area contributed by atoms with Gasteiger partial charge in [-0.2, -0.15) is 0 Å². The predicted octanol–water partition coefficient (Wildman–Crippen LogP) is 5.36. The maximum Gasteiger partial charge on any atom is 0.0558 e. The molecule has 132 valence electrons. The summed E-state index contributed by atoms with van der Waals surface area (Å²) >= 11 is 1.93. The molecule has 1 nitrogen and oxygen atoms in total. The summed E-state index contributed by atoms with van der Waals surface area (Å²) in [7, 11) is 0. The standard InChI is InChI=1S/C26H17NS/c1-2-7-17-12-24-19(11-16(17)6-1)20-13-23-21(14-25(20)28-24)26-18-8-4-3-5-15(18)9-10-22(26)27-23/h1-14,21,23,27H. The van der Waals surface area contributed by atoms with Crippen molar-refractivity contribution < 1.29 is 0 Å². The molecule has 1 aliphatic carbocycles. The first-order valence-corrected chi connectivity index (χ1v) is 10.6. The van der Waals surface area contributed by atoms with Crippen molar-refractivity contribution in [2.75, 3.05) is 5.32 Å². The molecule has 4 aromatic carbocycles. The second-order valence-corrected chi connectivity index (χ2v) is 8.94. The van der Waals surface area contributed by atoms with Crippen LogP contribution < -0.4 is 15.1 Å². The highest BCUT2D eigenvalue weighted by atomic mass is 32.1. The first kappa shape index (κ1) is 14.9. The molecular formula is C26H17NS. The number of fused-ring (bicyclic) bond motifs is 9. The molecule has 7 rings (SSSR count). The van der Waals surface area contributed by atoms with E-state index < -0.39 is 0 Å². The number of hydrogen-bond acceptors (Lipinski definition) is 2. The van der Waals surface area contributed by atoms with Crippen molar-refractivity contribution in [1.82, 2.24) is 0 Å². The number of thiophene rings is 1. The maximum absolute atomic E-state index is 3.78. The molecule has 0 bridgehead atoms. The first-order chi connectivity index (χ1) is 13.8. The fourth-order valence-corrected chi connectivity index (χ4v) is 6.22. The Morgan fingerprint density at radius 3 is 2.39 bits per heavy atom. The van der Waals surface area contributed by atoms with Gasteiger partial charge in [0.1, 0.15) is 0 Å². The van der Waals surface area contributed by atoms with Gasteiger partial charge in [0.2, 0.25) is 0 Å². The summed E-state index contributed by atoms with van der Waals surface area (Å²) in [4.78, 5) is 0. The molecule has 0 amide bonds. The summed E-state index contributed by atoms with van der Waals surface area (Å²) in [6.07, 6.45) is 4.96. The van der Waals surface area contributed by atoms with Crippen molar-refractivity contribution >= 4 is 60.8 Å². The van der Waals surface area contributed by atoms with E-state index in [1.54, 1.807) is 0 Å². The quantitative estimate of drug-likeness (QED) is 0.384. The van der Waals surface area contributed by atoms with E-state index in [9.17, 15) is 0 Å². The molecule has 5 aromatic rings. The molecule has 0 fully saturated rings. The van der Waals surface area contributed by atoms with Crippen LogP contribution in [-0.2, 0) is 0 Å². The minimum atomic E-state index is 0.331. The van der Waals surface area contributed by atoms with E-state index in [4.69, 9.17) is 0 Å². The lowest BCUT2D eigenvalue weighted by Gasteiger charge is -2.16. The van der Waals surface area contributed by atoms with Crippen molar-refractivity contribution in [2.45, 2.75) is 12.0 Å². The number of rotatable bonds is 0. The SMILES string of the molecule is C1=c2sc3cc4ccccc4cc3c2=CC2Nc3ccc4ccccc4c3C12. The lowest BCUT2D eigenvalue weighted by molar-refractivity contribution is 0.880. The van der Waals surface area contributed by atoms with Gasteiger partial charge in [0, 0.05) is 26.2 Å². The third-order valence-electron chi connectivity index (χ3n) is 6.31. The van der Waals surface area contributed by atoms with Gasteiger partial charge in [-0.1, -0.05) is 66.7 Å². The molecule has 0 radical (unpaired) electrons. The lowest BCUT2D eigenvalue weighted by atomic mass is 9.88. The van der Waals surface area contributed by atoms with Crippen LogP contribution in [0.15, 0.2) is 72.8 Å². The largest absolute Gasteiger partial charge is 0.378 e. The Bertz CT molecular complexity index is 1560. The molecule has 2 atom stereocenters. The highest BCUT2D eigenvalue weighted by Crippen LogP contribution is 2.43. The van der Waals surface area contributed by atoms with Gasteiger partial charge in [-0.15, -0.1) is 11.3 Å². The van der Waals surface area contributed by atoms with E-state index in [0.29, 0.717) is 12.0 Å². The molecule has 2 heterocycles. The monoisotopic (exact) mass is 375 g/mol. The Hall–Kier alpha value is -3.10. The zero-order valence-electron chi connectivity index (χ0n) is 15.1. The molecule has 2 aliphatic rings. The minimum absolute atomic E-state index is 0.331. The highest BCUT2D eigenvalue weighted by Gasteiger charge is 2.32. The van der Waals surface area contributed by atoms with E-state index in [0.717, 1.165) is 0 Å². The van der Waals surface area contributed by atoms with Crippen LogP contribution in [0, 0.1) is 0 Å². The summed E-state index contributed by atoms with van der Waals surface area (Å²) in [5.74, 6) is 0.399. The number of anilines is 1. The third kappa shape index (κ3) is 1.91. The van der Waals surface area contributed by atoms with E-state index in [2.05, 4.69) is 90.3 Å². The zero-order valence-corrected chi connectivity index (χ0v) is 16.0. The van der Waals surface area contributed by atoms with E-state index >= 15 is 0 Å². The molecule has 0 saturated heterocycles. The van der Waals surface area contributed by atoms with Crippen LogP contribution in [0.4, 0.5) is 5.69 Å². The second kappa shape index (κ2) is 5.24. The third-order valence-corrected chi connectivity index (χ3v) is 7.45. The van der Waals surface area contributed by atoms with Gasteiger partial charge in [0.05, 0.1) is 6.04 Å². The molecule has 2 heteroatoms. The van der Waals surface area contributed by atoms with Gasteiger partial charge >= 0.3 is 0 Å². The Kier molecular flexibility index (Phi) is 2.79. The molecule has 0 spiro atoms. The summed E-state index contributed by atoms with van der Waals surface area (Å²) in [6, 6.07) is 26.9. The number of benzene rings is 4. The Morgan fingerprint density at radius 1 is 0.714 bits per heavy atom. The van der Waals surface area contributed by atoms with Crippen LogP contribution >= 0.6 is 11.3 Å². The molecular weight excluding hydrogens is 358 g/mol. The first-order valence-electron chi connectivity index (χ1n) is 9.78. The second-order valence-electron chi connectivity index (χ2n) is 7.85. The van der Waals surface area contributed by atoms with Gasteiger partial charge in [0.25, 0.3) is 0 Å². The van der Waals surface area contributed by atoms with E-state index in [1.807, 2.05) is 11.3 Å². The summed E-state index contributed by atoms with van der Waals surface area (Å²) in [5, 5.41) is 11.9. The molecule has 2 unspecified atom stereocenters. The molecule has 1 aromatic heterocycles. The van der Waals surface area contributed by atoms with Gasteiger partial charge in [-0.05, 0) is 50.5 Å². The Balaban J connectivity index is 1.52. The average Bonchev–Trinajstić information content (AvgIpc) is 3.27. The van der Waals surface area contributed by atoms with Crippen LogP contribution in [0.3, 0.4) is 0 Å². The fourth-order valence-electron chi connectivity index (χ4n) is 5.02. The van der Waals surface area contributed by atoms with Gasteiger partial charge < -0.3 is 5.32 Å². The van der Waals surface area contributed by atoms with Gasteiger partial charge in [-0.3, -0.25) is 0 Å². The molecule has 28 heavy (non-hydrogen) atoms. The summed E-state index contributed by atoms with van der Waals surface area (Å²) in [6.45, 7) is 0. The molecule has 0 saturated carbocycles. The van der Waals surface area contributed by atoms with Crippen molar-refractivity contribution in [3.8, 4) is 0 Å². The van der Waals surface area contributed by atoms with Crippen molar-refractivity contribution in [3.63, 3.8) is 0 Å². The van der Waals surface area contributed by atoms with Crippen LogP contribution in [0.25, 0.3) is 43.8 Å². The fraction of sp³-hybridized carbons (Fsp3) is 0.0769. The smallest absolute Gasteiger partial charge is 0.0558 e. The van der Waals surface area contributed by atoms with Crippen molar-refractivity contribution in [1.29, 1.82) is 0 Å². The van der Waals surface area contributed by atoms with Crippen LogP contribution in [0.5, 0.6) is 0 Å². The number of nitrogens with one attached hydrogen (secondary N) is 1. The summed E-state index contributed by atoms with van der Waals surface area (Å²) < 4.78 is 2.79. The normalized spacial score (nSPS) is 19.6. The van der Waals surface area contributed by atoms with Crippen molar-refractivity contribution in [3.05, 3.63) is 88.1 Å². The Labute approximate surface area is 166 Å². The van der Waals surface area contributed by atoms with Gasteiger partial charge in [0.15, 0.2) is 0 Å². The van der Waals surface area contributed by atoms with E-state index in [-0.39, 0.29) is 0 Å². The Morgan fingerprint density at radius 2 is 1.50 bits per heavy atom. The zero-order chi connectivity index (χ0) is 18.2. The predicted molar refractivity (Wildman–Crippen MR) is 122 cm³/mol. The van der Waals surface area contributed by atoms with E-state index in [1.165, 1.54) is 52.6 Å². The topological polar surface area (TPSA) is 12.0 Å². The van der Waals surface area contributed by atoms with Crippen LogP contribution in [-0.4, -0.2) is 6.04 Å². The maximum atomic E-state index is 3.78. The van der Waals surface area contributed by atoms with Crippen LogP contribution in [0.1, 0.15) is 11.5 Å². The number of hydrogen-bond donors (Lipinski definition) is 1. The van der Waals surface area contributed by atoms with Crippen molar-refractivity contribution in [2.24, 2.45) is 0 Å². The summed E-state index contributed by atoms with van der Waals surface area (Å²) in [5.41, 5.74) is 2.73. The molecule has 1 aliphatic heterocycles. The minimum Gasteiger partial charge on any atom is -0.378 e. The van der Waals surface area contributed by atoms with Crippen LogP contribution in [0.2, 0.25) is 0 Å². The lowest BCUT2D eigenvalue weighted by Crippen LogP contribution is -2.32. The average molecular weight is 375 g/mol. The van der Waals surface area contributed by atoms with Gasteiger partial charge in [-0.25, -0.2) is 0 Å².